The molecule has 1 saturated heterocycles. The second-order valence-electron chi connectivity index (χ2n) is 6.18. The molecule has 1 aliphatic heterocycles. The average molecular weight is 468 g/mol. The maximum absolute atomic E-state index is 12.4. The van der Waals surface area contributed by atoms with Gasteiger partial charge in [0, 0.05) is 51.8 Å². The number of benzene rings is 1. The molecule has 2 rings (SSSR count). The van der Waals surface area contributed by atoms with E-state index in [4.69, 9.17) is 4.18 Å². The Hall–Kier alpha value is 0.124. The molecule has 0 amide bonds. The Morgan fingerprint density at radius 1 is 1.04 bits per heavy atom. The van der Waals surface area contributed by atoms with E-state index in [1.54, 1.807) is 0 Å². The van der Waals surface area contributed by atoms with Gasteiger partial charge in [0.25, 0.3) is 10.1 Å². The van der Waals surface area contributed by atoms with Gasteiger partial charge in [-0.05, 0) is 37.5 Å². The van der Waals surface area contributed by atoms with Crippen LogP contribution in [0.25, 0.3) is 0 Å². The molecular formula is C19H38FNO3SY. The molecule has 0 bridgehead atoms. The number of halogens is 1. The van der Waals surface area contributed by atoms with Crippen LogP contribution in [-0.4, -0.2) is 44.8 Å². The minimum Gasteiger partial charge on any atom is -0.296 e. The summed E-state index contributed by atoms with van der Waals surface area (Å²) in [4.78, 5) is 2.16. The Morgan fingerprint density at radius 2 is 1.46 bits per heavy atom. The standard InChI is InChI=1S/C9H11F.C7H15NO3S.3CH4.Y/c1-7(2)8-3-5-9(10)6-4-8;1-6(2)8-4-7(5-8)11-12(3,9)10;;;;/h3-7H,1-2H3;6-7H,4-5H2,1-3H3;3*1H4;. The fourth-order valence-electron chi connectivity index (χ4n) is 2.05. The van der Waals surface area contributed by atoms with Crippen molar-refractivity contribution in [2.45, 2.75) is 68.0 Å². The van der Waals surface area contributed by atoms with Crippen LogP contribution in [0.5, 0.6) is 0 Å². The SMILES string of the molecule is C.C.C.CC(C)N1CC(OS(C)(=O)=O)C1.CC(C)c1ccc(F)cc1.[Y]. The third-order valence-electron chi connectivity index (χ3n) is 3.45. The van der Waals surface area contributed by atoms with E-state index in [1.807, 2.05) is 12.1 Å². The summed E-state index contributed by atoms with van der Waals surface area (Å²) in [6.45, 7) is 9.79. The predicted octanol–water partition coefficient (Wildman–Crippen LogP) is 4.91. The summed E-state index contributed by atoms with van der Waals surface area (Å²) in [5.41, 5.74) is 1.18. The number of hydrogen-bond acceptors (Lipinski definition) is 4. The second kappa shape index (κ2) is 15.1. The smallest absolute Gasteiger partial charge is 0.264 e. The molecule has 1 fully saturated rings. The summed E-state index contributed by atoms with van der Waals surface area (Å²) >= 11 is 0. The van der Waals surface area contributed by atoms with E-state index in [0.717, 1.165) is 19.3 Å². The zero-order valence-corrected chi connectivity index (χ0v) is 18.1. The normalized spacial score (nSPS) is 13.8. The van der Waals surface area contributed by atoms with Crippen molar-refractivity contribution < 1.29 is 49.7 Å². The molecule has 1 aromatic carbocycles. The first-order valence-corrected chi connectivity index (χ1v) is 9.28. The van der Waals surface area contributed by atoms with E-state index in [0.29, 0.717) is 12.0 Å². The van der Waals surface area contributed by atoms with Crippen LogP contribution in [0.3, 0.4) is 0 Å². The zero-order valence-electron chi connectivity index (χ0n) is 14.5. The van der Waals surface area contributed by atoms with Crippen molar-refractivity contribution in [2.24, 2.45) is 0 Å². The van der Waals surface area contributed by atoms with Crippen molar-refractivity contribution in [2.75, 3.05) is 19.3 Å². The van der Waals surface area contributed by atoms with Crippen LogP contribution in [0.15, 0.2) is 24.3 Å². The molecule has 0 spiro atoms. The zero-order chi connectivity index (χ0) is 16.9. The van der Waals surface area contributed by atoms with Gasteiger partial charge in [-0.15, -0.1) is 0 Å². The molecule has 1 aliphatic rings. The molecule has 4 nitrogen and oxygen atoms in total. The van der Waals surface area contributed by atoms with E-state index in [2.05, 4.69) is 32.6 Å². The summed E-state index contributed by atoms with van der Waals surface area (Å²) in [5.74, 6) is 0.324. The molecule has 1 aromatic rings. The van der Waals surface area contributed by atoms with E-state index in [1.165, 1.54) is 17.7 Å². The van der Waals surface area contributed by atoms with Gasteiger partial charge in [-0.3, -0.25) is 9.08 Å². The first-order valence-electron chi connectivity index (χ1n) is 7.46. The maximum atomic E-state index is 12.4. The van der Waals surface area contributed by atoms with Gasteiger partial charge in [0.15, 0.2) is 0 Å². The van der Waals surface area contributed by atoms with Crippen LogP contribution in [0, 0.1) is 5.82 Å². The largest absolute Gasteiger partial charge is 0.296 e. The van der Waals surface area contributed by atoms with E-state index in [9.17, 15) is 12.8 Å². The quantitative estimate of drug-likeness (QED) is 0.590. The molecule has 0 atom stereocenters. The van der Waals surface area contributed by atoms with Crippen molar-refractivity contribution in [3.05, 3.63) is 35.6 Å². The topological polar surface area (TPSA) is 46.6 Å². The number of hydrogen-bond donors (Lipinski definition) is 0. The molecular weight excluding hydrogens is 430 g/mol. The van der Waals surface area contributed by atoms with Crippen molar-refractivity contribution in [3.63, 3.8) is 0 Å². The van der Waals surface area contributed by atoms with Crippen LogP contribution in [0.2, 0.25) is 0 Å². The van der Waals surface area contributed by atoms with E-state index >= 15 is 0 Å². The molecule has 153 valence electrons. The minimum atomic E-state index is -3.26. The summed E-state index contributed by atoms with van der Waals surface area (Å²) in [6, 6.07) is 7.11. The fourth-order valence-corrected chi connectivity index (χ4v) is 2.66. The van der Waals surface area contributed by atoms with Gasteiger partial charge in [-0.2, -0.15) is 8.42 Å². The van der Waals surface area contributed by atoms with Crippen LogP contribution in [0.4, 0.5) is 4.39 Å². The molecule has 0 aliphatic carbocycles. The molecule has 1 radical (unpaired) electrons. The van der Waals surface area contributed by atoms with Crippen LogP contribution < -0.4 is 0 Å². The summed E-state index contributed by atoms with van der Waals surface area (Å²) in [5, 5.41) is 0. The molecule has 1 heterocycles. The summed E-state index contributed by atoms with van der Waals surface area (Å²) in [7, 11) is -3.26. The first kappa shape index (κ1) is 33.7. The number of nitrogens with zero attached hydrogens (tertiary/aromatic N) is 1. The van der Waals surface area contributed by atoms with Crippen LogP contribution in [0.1, 0.15) is 61.5 Å². The van der Waals surface area contributed by atoms with Gasteiger partial charge in [0.1, 0.15) is 11.9 Å². The van der Waals surface area contributed by atoms with Crippen LogP contribution in [-0.2, 0) is 47.0 Å². The summed E-state index contributed by atoms with van der Waals surface area (Å²) < 4.78 is 38.5. The van der Waals surface area contributed by atoms with Gasteiger partial charge in [0.2, 0.25) is 0 Å². The van der Waals surface area contributed by atoms with Gasteiger partial charge in [0.05, 0.1) is 6.26 Å². The predicted molar refractivity (Wildman–Crippen MR) is 107 cm³/mol. The Balaban J connectivity index is -0.000000163. The Labute approximate surface area is 186 Å². The molecule has 0 aromatic heterocycles. The second-order valence-corrected chi connectivity index (χ2v) is 7.78. The van der Waals surface area contributed by atoms with Gasteiger partial charge in [-0.25, -0.2) is 4.39 Å². The van der Waals surface area contributed by atoms with Crippen molar-refractivity contribution in [3.8, 4) is 0 Å². The third-order valence-corrected chi connectivity index (χ3v) is 4.08. The maximum Gasteiger partial charge on any atom is 0.264 e. The first-order chi connectivity index (χ1) is 10.1. The monoisotopic (exact) mass is 468 g/mol. The Bertz CT molecular complexity index is 557. The van der Waals surface area contributed by atoms with E-state index in [-0.39, 0.29) is 66.9 Å². The Morgan fingerprint density at radius 3 is 1.77 bits per heavy atom. The molecule has 0 N–H and O–H groups in total. The summed E-state index contributed by atoms with van der Waals surface area (Å²) in [6.07, 6.45) is 0.966. The minimum absolute atomic E-state index is 0. The van der Waals surface area contributed by atoms with Crippen LogP contribution >= 0.6 is 0 Å². The van der Waals surface area contributed by atoms with Gasteiger partial charge < -0.3 is 0 Å². The van der Waals surface area contributed by atoms with Crippen molar-refractivity contribution in [1.29, 1.82) is 0 Å². The number of likely N-dealkylation sites (tertiary alicyclic amines) is 1. The fraction of sp³-hybridized carbons (Fsp3) is 0.684. The van der Waals surface area contributed by atoms with Crippen molar-refractivity contribution in [1.82, 2.24) is 4.90 Å². The molecule has 7 heteroatoms. The molecule has 0 unspecified atom stereocenters. The third kappa shape index (κ3) is 13.3. The van der Waals surface area contributed by atoms with Gasteiger partial charge >= 0.3 is 0 Å². The van der Waals surface area contributed by atoms with Crippen molar-refractivity contribution >= 4 is 10.1 Å². The average Bonchev–Trinajstić information content (AvgIpc) is 2.33. The molecule has 26 heavy (non-hydrogen) atoms. The number of rotatable bonds is 4. The molecule has 0 saturated carbocycles. The van der Waals surface area contributed by atoms with E-state index < -0.39 is 10.1 Å². The van der Waals surface area contributed by atoms with Gasteiger partial charge in [-0.1, -0.05) is 48.3 Å². The Kier molecular flexibility index (Phi) is 19.6.